The lowest BCUT2D eigenvalue weighted by atomic mass is 9.55. The number of nitrogens with zero attached hydrogens (tertiary/aromatic N) is 1. The third-order valence-electron chi connectivity index (χ3n) is 5.54. The average molecular weight is 273 g/mol. The van der Waals surface area contributed by atoms with Crippen LogP contribution in [-0.4, -0.2) is 35.6 Å². The monoisotopic (exact) mass is 273 g/mol. The zero-order chi connectivity index (χ0) is 14.3. The standard InChI is InChI=1S/C17H23NO2/c1-12-14-9-11-18(2)16(20)17(14,10-8-15(12)19)13-6-4-3-5-7-13/h3-7,12,14,16,20H,8-11H2,1-2H3/t12-,14-,16?,17?/m0/s1. The molecule has 1 saturated heterocycles. The number of likely N-dealkylation sites (N-methyl/N-ethyl adjacent to an activating group) is 1. The molecule has 1 aliphatic heterocycles. The summed E-state index contributed by atoms with van der Waals surface area (Å²) in [6.45, 7) is 2.90. The second-order valence-electron chi connectivity index (χ2n) is 6.41. The molecule has 20 heavy (non-hydrogen) atoms. The van der Waals surface area contributed by atoms with Crippen LogP contribution in [0.4, 0.5) is 0 Å². The van der Waals surface area contributed by atoms with Gasteiger partial charge in [-0.15, -0.1) is 0 Å². The highest BCUT2D eigenvalue weighted by molar-refractivity contribution is 5.82. The summed E-state index contributed by atoms with van der Waals surface area (Å²) in [6.07, 6.45) is 1.82. The fourth-order valence-electron chi connectivity index (χ4n) is 4.36. The SMILES string of the molecule is C[C@@H]1C(=O)CCC2(c3ccccc3)C(O)N(C)CC[C@@H]12. The van der Waals surface area contributed by atoms with Gasteiger partial charge in [0.2, 0.25) is 0 Å². The molecule has 1 aliphatic carbocycles. The highest BCUT2D eigenvalue weighted by Crippen LogP contribution is 2.51. The maximum absolute atomic E-state index is 12.1. The predicted octanol–water partition coefficient (Wildman–Crippen LogP) is 2.19. The lowest BCUT2D eigenvalue weighted by molar-refractivity contribution is -0.148. The van der Waals surface area contributed by atoms with E-state index < -0.39 is 6.23 Å². The highest BCUT2D eigenvalue weighted by atomic mass is 16.3. The van der Waals surface area contributed by atoms with E-state index >= 15 is 0 Å². The zero-order valence-corrected chi connectivity index (χ0v) is 12.2. The first kappa shape index (κ1) is 13.8. The molecule has 0 spiro atoms. The van der Waals surface area contributed by atoms with Crippen molar-refractivity contribution in [2.45, 2.75) is 37.8 Å². The van der Waals surface area contributed by atoms with Gasteiger partial charge in [-0.05, 0) is 31.4 Å². The normalized spacial score (nSPS) is 38.5. The van der Waals surface area contributed by atoms with Crippen molar-refractivity contribution in [3.05, 3.63) is 35.9 Å². The van der Waals surface area contributed by atoms with Gasteiger partial charge in [-0.1, -0.05) is 37.3 Å². The van der Waals surface area contributed by atoms with E-state index in [0.29, 0.717) is 12.2 Å². The van der Waals surface area contributed by atoms with Gasteiger partial charge in [0.1, 0.15) is 12.0 Å². The van der Waals surface area contributed by atoms with E-state index in [1.807, 2.05) is 37.1 Å². The van der Waals surface area contributed by atoms with Crippen LogP contribution in [0, 0.1) is 11.8 Å². The number of hydrogen-bond acceptors (Lipinski definition) is 3. The van der Waals surface area contributed by atoms with Crippen LogP contribution in [0.15, 0.2) is 30.3 Å². The number of aliphatic hydroxyl groups is 1. The van der Waals surface area contributed by atoms with E-state index in [0.717, 1.165) is 19.4 Å². The minimum Gasteiger partial charge on any atom is -0.377 e. The van der Waals surface area contributed by atoms with Gasteiger partial charge >= 0.3 is 0 Å². The molecule has 0 radical (unpaired) electrons. The van der Waals surface area contributed by atoms with E-state index in [4.69, 9.17) is 0 Å². The Morgan fingerprint density at radius 2 is 2.00 bits per heavy atom. The first-order valence-electron chi connectivity index (χ1n) is 7.54. The van der Waals surface area contributed by atoms with E-state index in [9.17, 15) is 9.90 Å². The molecule has 3 nitrogen and oxygen atoms in total. The van der Waals surface area contributed by atoms with E-state index in [2.05, 4.69) is 12.1 Å². The number of carbonyl (C=O) groups excluding carboxylic acids is 1. The molecule has 108 valence electrons. The minimum atomic E-state index is -0.501. The van der Waals surface area contributed by atoms with Gasteiger partial charge in [0.15, 0.2) is 0 Å². The second kappa shape index (κ2) is 4.97. The number of piperidine rings is 1. The van der Waals surface area contributed by atoms with Gasteiger partial charge in [-0.3, -0.25) is 9.69 Å². The average Bonchev–Trinajstić information content (AvgIpc) is 2.48. The van der Waals surface area contributed by atoms with Crippen molar-refractivity contribution in [2.24, 2.45) is 11.8 Å². The number of rotatable bonds is 1. The maximum atomic E-state index is 12.1. The molecule has 1 heterocycles. The molecule has 0 bridgehead atoms. The Morgan fingerprint density at radius 3 is 2.70 bits per heavy atom. The summed E-state index contributed by atoms with van der Waals surface area (Å²) < 4.78 is 0. The van der Waals surface area contributed by atoms with Crippen LogP contribution >= 0.6 is 0 Å². The molecular formula is C17H23NO2. The summed E-state index contributed by atoms with van der Waals surface area (Å²) in [6, 6.07) is 10.3. The van der Waals surface area contributed by atoms with Crippen LogP contribution in [0.25, 0.3) is 0 Å². The van der Waals surface area contributed by atoms with Crippen LogP contribution in [0.3, 0.4) is 0 Å². The summed E-state index contributed by atoms with van der Waals surface area (Å²) in [7, 11) is 1.98. The lowest BCUT2D eigenvalue weighted by Crippen LogP contribution is -2.62. The number of ketones is 1. The number of aliphatic hydroxyl groups excluding tert-OH is 1. The molecule has 3 rings (SSSR count). The van der Waals surface area contributed by atoms with Crippen molar-refractivity contribution in [3.63, 3.8) is 0 Å². The predicted molar refractivity (Wildman–Crippen MR) is 78.3 cm³/mol. The summed E-state index contributed by atoms with van der Waals surface area (Å²) >= 11 is 0. The van der Waals surface area contributed by atoms with Crippen LogP contribution in [0.2, 0.25) is 0 Å². The van der Waals surface area contributed by atoms with Crippen LogP contribution in [0.1, 0.15) is 31.7 Å². The smallest absolute Gasteiger partial charge is 0.136 e. The molecule has 2 aliphatic rings. The first-order valence-corrected chi connectivity index (χ1v) is 7.54. The number of benzene rings is 1. The third-order valence-corrected chi connectivity index (χ3v) is 5.54. The Kier molecular flexibility index (Phi) is 3.43. The minimum absolute atomic E-state index is 0.0484. The third kappa shape index (κ3) is 1.84. The molecule has 4 atom stereocenters. The number of likely N-dealkylation sites (tertiary alicyclic amines) is 1. The Bertz CT molecular complexity index is 501. The molecule has 1 aromatic rings. The van der Waals surface area contributed by atoms with Crippen LogP contribution in [0.5, 0.6) is 0 Å². The fourth-order valence-corrected chi connectivity index (χ4v) is 4.36. The van der Waals surface area contributed by atoms with Gasteiger partial charge in [-0.2, -0.15) is 0 Å². The largest absolute Gasteiger partial charge is 0.377 e. The quantitative estimate of drug-likeness (QED) is 0.852. The molecule has 1 saturated carbocycles. The molecule has 3 heteroatoms. The molecular weight excluding hydrogens is 250 g/mol. The number of carbonyl (C=O) groups is 1. The fraction of sp³-hybridized carbons (Fsp3) is 0.588. The van der Waals surface area contributed by atoms with E-state index in [1.165, 1.54) is 5.56 Å². The number of fused-ring (bicyclic) bond motifs is 1. The topological polar surface area (TPSA) is 40.5 Å². The first-order chi connectivity index (χ1) is 9.57. The lowest BCUT2D eigenvalue weighted by Gasteiger charge is -2.55. The second-order valence-corrected chi connectivity index (χ2v) is 6.41. The van der Waals surface area contributed by atoms with Crippen LogP contribution in [-0.2, 0) is 10.2 Å². The van der Waals surface area contributed by atoms with Crippen molar-refractivity contribution in [2.75, 3.05) is 13.6 Å². The Labute approximate surface area is 120 Å². The Morgan fingerprint density at radius 1 is 1.30 bits per heavy atom. The van der Waals surface area contributed by atoms with Gasteiger partial charge in [0, 0.05) is 24.3 Å². The van der Waals surface area contributed by atoms with Crippen molar-refractivity contribution >= 4 is 5.78 Å². The van der Waals surface area contributed by atoms with Gasteiger partial charge in [-0.25, -0.2) is 0 Å². The molecule has 0 amide bonds. The van der Waals surface area contributed by atoms with Crippen molar-refractivity contribution in [1.29, 1.82) is 0 Å². The van der Waals surface area contributed by atoms with Crippen molar-refractivity contribution in [1.82, 2.24) is 4.90 Å². The molecule has 1 N–H and O–H groups in total. The number of Topliss-reactive ketones (excluding diaryl/α,β-unsaturated/α-hetero) is 1. The summed E-state index contributed by atoms with van der Waals surface area (Å²) in [5.74, 6) is 0.656. The molecule has 0 aromatic heterocycles. The van der Waals surface area contributed by atoms with Crippen molar-refractivity contribution in [3.8, 4) is 0 Å². The van der Waals surface area contributed by atoms with Gasteiger partial charge in [0.05, 0.1) is 0 Å². The molecule has 2 fully saturated rings. The Hall–Kier alpha value is -1.19. The summed E-state index contributed by atoms with van der Waals surface area (Å²) in [5.41, 5.74) is 0.894. The molecule has 1 aromatic carbocycles. The summed E-state index contributed by atoms with van der Waals surface area (Å²) in [4.78, 5) is 14.1. The number of hydrogen-bond donors (Lipinski definition) is 1. The van der Waals surface area contributed by atoms with Gasteiger partial charge < -0.3 is 5.11 Å². The Balaban J connectivity index is 2.11. The van der Waals surface area contributed by atoms with E-state index in [1.54, 1.807) is 0 Å². The zero-order valence-electron chi connectivity index (χ0n) is 12.2. The maximum Gasteiger partial charge on any atom is 0.136 e. The van der Waals surface area contributed by atoms with E-state index in [-0.39, 0.29) is 17.3 Å². The van der Waals surface area contributed by atoms with Crippen molar-refractivity contribution < 1.29 is 9.90 Å². The van der Waals surface area contributed by atoms with Crippen LogP contribution < -0.4 is 0 Å². The highest BCUT2D eigenvalue weighted by Gasteiger charge is 2.55. The summed E-state index contributed by atoms with van der Waals surface area (Å²) in [5, 5.41) is 10.9. The van der Waals surface area contributed by atoms with Gasteiger partial charge in [0.25, 0.3) is 0 Å². The molecule has 2 unspecified atom stereocenters.